The van der Waals surface area contributed by atoms with Crippen LogP contribution in [0.5, 0.6) is 0 Å². The van der Waals surface area contributed by atoms with Crippen molar-refractivity contribution in [3.8, 4) is 0 Å². The molecule has 5 nitrogen and oxygen atoms in total. The van der Waals surface area contributed by atoms with Crippen molar-refractivity contribution in [3.05, 3.63) is 11.1 Å². The molecule has 0 atom stereocenters. The van der Waals surface area contributed by atoms with Gasteiger partial charge in [0, 0.05) is 38.0 Å². The van der Waals surface area contributed by atoms with Crippen LogP contribution in [0, 0.1) is 0 Å². The van der Waals surface area contributed by atoms with Crippen LogP contribution < -0.4 is 4.90 Å². The van der Waals surface area contributed by atoms with Gasteiger partial charge in [-0.1, -0.05) is 6.92 Å². The topological polar surface area (TPSA) is 45.7 Å². The monoisotopic (exact) mass is 297 g/mol. The molecule has 0 radical (unpaired) electrons. The van der Waals surface area contributed by atoms with E-state index in [0.29, 0.717) is 19.4 Å². The van der Waals surface area contributed by atoms with Gasteiger partial charge in [-0.25, -0.2) is 4.98 Å². The highest BCUT2D eigenvalue weighted by atomic mass is 32.1. The molecule has 0 bridgehead atoms. The smallest absolute Gasteiger partial charge is 0.306 e. The number of likely N-dealkylation sites (N-methyl/N-ethyl adjacent to an activating group) is 1. The summed E-state index contributed by atoms with van der Waals surface area (Å²) < 4.78 is 4.93. The van der Waals surface area contributed by atoms with Crippen molar-refractivity contribution in [2.24, 2.45) is 0 Å². The first-order chi connectivity index (χ1) is 9.72. The molecule has 0 aromatic carbocycles. The lowest BCUT2D eigenvalue weighted by Gasteiger charge is -2.33. The van der Waals surface area contributed by atoms with E-state index in [1.807, 2.05) is 6.92 Å². The second-order valence-electron chi connectivity index (χ2n) is 4.85. The van der Waals surface area contributed by atoms with Gasteiger partial charge in [-0.05, 0) is 13.5 Å². The molecule has 1 saturated heterocycles. The maximum atomic E-state index is 11.3. The molecule has 6 heteroatoms. The predicted molar refractivity (Wildman–Crippen MR) is 81.4 cm³/mol. The van der Waals surface area contributed by atoms with E-state index in [-0.39, 0.29) is 5.97 Å². The minimum absolute atomic E-state index is 0.140. The molecular formula is C14H23N3O2S. The third-order valence-electron chi connectivity index (χ3n) is 3.52. The summed E-state index contributed by atoms with van der Waals surface area (Å²) >= 11 is 1.67. The molecule has 0 unspecified atom stereocenters. The van der Waals surface area contributed by atoms with E-state index in [4.69, 9.17) is 4.74 Å². The van der Waals surface area contributed by atoms with E-state index in [2.05, 4.69) is 27.1 Å². The number of aromatic nitrogens is 1. The Labute approximate surface area is 124 Å². The second-order valence-corrected chi connectivity index (χ2v) is 5.68. The first-order valence-electron chi connectivity index (χ1n) is 7.30. The molecule has 1 aliphatic heterocycles. The first kappa shape index (κ1) is 15.3. The Bertz CT molecular complexity index is 428. The Morgan fingerprint density at radius 2 is 2.10 bits per heavy atom. The van der Waals surface area contributed by atoms with Crippen LogP contribution in [-0.2, 0) is 16.0 Å². The molecule has 0 spiro atoms. The lowest BCUT2D eigenvalue weighted by atomic mass is 10.2. The number of rotatable bonds is 6. The van der Waals surface area contributed by atoms with Crippen molar-refractivity contribution in [3.63, 3.8) is 0 Å². The SMILES string of the molecule is CCOC(=O)CCc1csc(N2CCN(CC)CC2)n1. The van der Waals surface area contributed by atoms with E-state index in [1.165, 1.54) is 0 Å². The Balaban J connectivity index is 1.81. The number of carbonyl (C=O) groups is 1. The quantitative estimate of drug-likeness (QED) is 0.749. The number of esters is 1. The summed E-state index contributed by atoms with van der Waals surface area (Å²) in [7, 11) is 0. The van der Waals surface area contributed by atoms with E-state index < -0.39 is 0 Å². The maximum Gasteiger partial charge on any atom is 0.306 e. The highest BCUT2D eigenvalue weighted by Gasteiger charge is 2.18. The fourth-order valence-corrected chi connectivity index (χ4v) is 3.19. The highest BCUT2D eigenvalue weighted by molar-refractivity contribution is 7.13. The third-order valence-corrected chi connectivity index (χ3v) is 4.47. The molecule has 0 saturated carbocycles. The molecule has 0 amide bonds. The Hall–Kier alpha value is -1.14. The van der Waals surface area contributed by atoms with Crippen LogP contribution in [0.1, 0.15) is 26.0 Å². The van der Waals surface area contributed by atoms with Gasteiger partial charge in [-0.2, -0.15) is 0 Å². The van der Waals surface area contributed by atoms with Crippen molar-refractivity contribution < 1.29 is 9.53 Å². The zero-order valence-electron chi connectivity index (χ0n) is 12.3. The highest BCUT2D eigenvalue weighted by Crippen LogP contribution is 2.22. The molecule has 1 fully saturated rings. The number of aryl methyl sites for hydroxylation is 1. The summed E-state index contributed by atoms with van der Waals surface area (Å²) in [5.74, 6) is -0.140. The molecule has 2 heterocycles. The van der Waals surface area contributed by atoms with Gasteiger partial charge in [0.2, 0.25) is 0 Å². The maximum absolute atomic E-state index is 11.3. The summed E-state index contributed by atoms with van der Waals surface area (Å²) in [6.07, 6.45) is 1.09. The van der Waals surface area contributed by atoms with Crippen LogP contribution in [0.3, 0.4) is 0 Å². The number of anilines is 1. The largest absolute Gasteiger partial charge is 0.466 e. The number of thiazole rings is 1. The van der Waals surface area contributed by atoms with Crippen LogP contribution in [0.25, 0.3) is 0 Å². The van der Waals surface area contributed by atoms with Crippen LogP contribution in [0.2, 0.25) is 0 Å². The van der Waals surface area contributed by atoms with Crippen molar-refractivity contribution in [1.82, 2.24) is 9.88 Å². The van der Waals surface area contributed by atoms with Crippen molar-refractivity contribution in [2.75, 3.05) is 44.2 Å². The van der Waals surface area contributed by atoms with Crippen LogP contribution in [0.4, 0.5) is 5.13 Å². The number of hydrogen-bond acceptors (Lipinski definition) is 6. The Morgan fingerprint density at radius 1 is 1.35 bits per heavy atom. The summed E-state index contributed by atoms with van der Waals surface area (Å²) in [5, 5.41) is 3.14. The summed E-state index contributed by atoms with van der Waals surface area (Å²) in [6.45, 7) is 9.89. The molecule has 1 aromatic heterocycles. The zero-order valence-corrected chi connectivity index (χ0v) is 13.1. The summed E-state index contributed by atoms with van der Waals surface area (Å²) in [4.78, 5) is 20.8. The molecule has 1 aromatic rings. The van der Waals surface area contributed by atoms with Gasteiger partial charge in [0.05, 0.1) is 18.7 Å². The minimum Gasteiger partial charge on any atom is -0.466 e. The van der Waals surface area contributed by atoms with E-state index in [9.17, 15) is 4.79 Å². The molecule has 20 heavy (non-hydrogen) atoms. The second kappa shape index (κ2) is 7.59. The van der Waals surface area contributed by atoms with Crippen molar-refractivity contribution in [1.29, 1.82) is 0 Å². The van der Waals surface area contributed by atoms with Gasteiger partial charge in [0.15, 0.2) is 5.13 Å². The van der Waals surface area contributed by atoms with Gasteiger partial charge in [-0.15, -0.1) is 11.3 Å². The third kappa shape index (κ3) is 4.18. The Morgan fingerprint density at radius 3 is 2.75 bits per heavy atom. The van der Waals surface area contributed by atoms with Crippen molar-refractivity contribution in [2.45, 2.75) is 26.7 Å². The molecule has 1 aliphatic rings. The fourth-order valence-electron chi connectivity index (χ4n) is 2.28. The lowest BCUT2D eigenvalue weighted by Crippen LogP contribution is -2.46. The zero-order chi connectivity index (χ0) is 14.4. The van der Waals surface area contributed by atoms with E-state index in [0.717, 1.165) is 43.5 Å². The minimum atomic E-state index is -0.140. The van der Waals surface area contributed by atoms with Gasteiger partial charge in [0.25, 0.3) is 0 Å². The standard InChI is InChI=1S/C14H23N3O2S/c1-3-16-7-9-17(10-8-16)14-15-12(11-20-14)5-6-13(18)19-4-2/h11H,3-10H2,1-2H3. The van der Waals surface area contributed by atoms with Gasteiger partial charge >= 0.3 is 5.97 Å². The van der Waals surface area contributed by atoms with E-state index >= 15 is 0 Å². The first-order valence-corrected chi connectivity index (χ1v) is 8.18. The van der Waals surface area contributed by atoms with Crippen LogP contribution >= 0.6 is 11.3 Å². The number of carbonyl (C=O) groups excluding carboxylic acids is 1. The predicted octanol–water partition coefficient (Wildman–Crippen LogP) is 1.78. The van der Waals surface area contributed by atoms with Crippen LogP contribution in [0.15, 0.2) is 5.38 Å². The summed E-state index contributed by atoms with van der Waals surface area (Å²) in [6, 6.07) is 0. The van der Waals surface area contributed by atoms with Gasteiger partial charge in [-0.3, -0.25) is 4.79 Å². The molecule has 112 valence electrons. The van der Waals surface area contributed by atoms with Crippen molar-refractivity contribution >= 4 is 22.4 Å². The number of hydrogen-bond donors (Lipinski definition) is 0. The molecule has 2 rings (SSSR count). The summed E-state index contributed by atoms with van der Waals surface area (Å²) in [5.41, 5.74) is 0.996. The van der Waals surface area contributed by atoms with Gasteiger partial charge in [0.1, 0.15) is 0 Å². The average molecular weight is 297 g/mol. The normalized spacial score (nSPS) is 16.4. The number of nitrogens with zero attached hydrogens (tertiary/aromatic N) is 3. The Kier molecular flexibility index (Phi) is 5.79. The molecule has 0 aliphatic carbocycles. The molecule has 0 N–H and O–H groups in total. The number of piperazine rings is 1. The van der Waals surface area contributed by atoms with Crippen LogP contribution in [-0.4, -0.2) is 55.2 Å². The fraction of sp³-hybridized carbons (Fsp3) is 0.714. The molecular weight excluding hydrogens is 274 g/mol. The average Bonchev–Trinajstić information content (AvgIpc) is 2.94. The lowest BCUT2D eigenvalue weighted by molar-refractivity contribution is -0.143. The van der Waals surface area contributed by atoms with E-state index in [1.54, 1.807) is 11.3 Å². The number of ether oxygens (including phenoxy) is 1. The van der Waals surface area contributed by atoms with Gasteiger partial charge < -0.3 is 14.5 Å².